The Balaban J connectivity index is 4.37. The zero-order valence-corrected chi connectivity index (χ0v) is 9.35. The number of rotatable bonds is 5. The second-order valence-electron chi connectivity index (χ2n) is 3.78. The first-order chi connectivity index (χ1) is 5.67. The Bertz CT molecular complexity index is 127. The fourth-order valence-corrected chi connectivity index (χ4v) is 1.87. The van der Waals surface area contributed by atoms with Gasteiger partial charge < -0.3 is 0 Å². The van der Waals surface area contributed by atoms with Crippen LogP contribution >= 0.6 is 0 Å². The van der Waals surface area contributed by atoms with Crippen molar-refractivity contribution < 1.29 is 0 Å². The van der Waals surface area contributed by atoms with E-state index in [9.17, 15) is 0 Å². The van der Waals surface area contributed by atoms with Gasteiger partial charge in [-0.3, -0.25) is 0 Å². The summed E-state index contributed by atoms with van der Waals surface area (Å²) in [7, 11) is 0. The molecule has 0 aromatic rings. The topological polar surface area (TPSA) is 0 Å². The highest BCUT2D eigenvalue weighted by atomic mass is 14.2. The van der Waals surface area contributed by atoms with Crippen molar-refractivity contribution in [1.29, 1.82) is 0 Å². The zero-order chi connectivity index (χ0) is 9.56. The molecule has 0 spiro atoms. The molecule has 0 aromatic heterocycles. The molecule has 0 rings (SSSR count). The van der Waals surface area contributed by atoms with Crippen molar-refractivity contribution in [2.45, 2.75) is 53.9 Å². The van der Waals surface area contributed by atoms with Crippen molar-refractivity contribution in [2.75, 3.05) is 0 Å². The average Bonchev–Trinajstić information content (AvgIpc) is 2.05. The van der Waals surface area contributed by atoms with Crippen molar-refractivity contribution in [3.05, 3.63) is 11.6 Å². The first kappa shape index (κ1) is 11.7. The molecular formula is C12H24. The second kappa shape index (κ2) is 6.28. The van der Waals surface area contributed by atoms with Gasteiger partial charge in [-0.1, -0.05) is 46.3 Å². The quantitative estimate of drug-likeness (QED) is 0.533. The molecule has 0 aromatic carbocycles. The van der Waals surface area contributed by atoms with Crippen molar-refractivity contribution >= 4 is 0 Å². The summed E-state index contributed by atoms with van der Waals surface area (Å²) in [6.07, 6.45) is 6.19. The van der Waals surface area contributed by atoms with Gasteiger partial charge in [-0.15, -0.1) is 0 Å². The molecule has 0 fully saturated rings. The van der Waals surface area contributed by atoms with Crippen LogP contribution in [0.1, 0.15) is 53.9 Å². The van der Waals surface area contributed by atoms with E-state index in [0.717, 1.165) is 11.8 Å². The summed E-state index contributed by atoms with van der Waals surface area (Å²) >= 11 is 0. The third-order valence-electron chi connectivity index (χ3n) is 2.56. The van der Waals surface area contributed by atoms with E-state index in [1.807, 2.05) is 0 Å². The van der Waals surface area contributed by atoms with Gasteiger partial charge in [-0.25, -0.2) is 0 Å². The lowest BCUT2D eigenvalue weighted by Gasteiger charge is -2.20. The Labute approximate surface area is 78.1 Å². The van der Waals surface area contributed by atoms with Crippen LogP contribution in [0.15, 0.2) is 11.6 Å². The minimum atomic E-state index is 0.731. The molecule has 0 saturated heterocycles. The predicted molar refractivity (Wildman–Crippen MR) is 57.3 cm³/mol. The van der Waals surface area contributed by atoms with Crippen LogP contribution in [-0.2, 0) is 0 Å². The molecule has 0 radical (unpaired) electrons. The van der Waals surface area contributed by atoms with Crippen molar-refractivity contribution in [3.8, 4) is 0 Å². The van der Waals surface area contributed by atoms with Gasteiger partial charge in [-0.05, 0) is 31.1 Å². The molecule has 0 saturated carbocycles. The third kappa shape index (κ3) is 3.42. The van der Waals surface area contributed by atoms with E-state index in [1.54, 1.807) is 5.57 Å². The molecule has 0 aliphatic rings. The van der Waals surface area contributed by atoms with E-state index in [1.165, 1.54) is 19.3 Å². The third-order valence-corrected chi connectivity index (χ3v) is 2.56. The lowest BCUT2D eigenvalue weighted by molar-refractivity contribution is 0.509. The minimum absolute atomic E-state index is 0.731. The molecule has 0 heterocycles. The molecule has 0 aliphatic carbocycles. The van der Waals surface area contributed by atoms with Crippen LogP contribution in [0.25, 0.3) is 0 Å². The largest absolute Gasteiger partial charge is 0.0851 e. The number of hydrogen-bond acceptors (Lipinski definition) is 0. The maximum atomic E-state index is 2.42. The van der Waals surface area contributed by atoms with E-state index in [0.29, 0.717) is 0 Å². The highest BCUT2D eigenvalue weighted by Gasteiger charge is 2.12. The molecule has 0 amide bonds. The van der Waals surface area contributed by atoms with Gasteiger partial charge in [0.15, 0.2) is 0 Å². The summed E-state index contributed by atoms with van der Waals surface area (Å²) in [6.45, 7) is 11.4. The summed E-state index contributed by atoms with van der Waals surface area (Å²) in [4.78, 5) is 0. The van der Waals surface area contributed by atoms with Gasteiger partial charge in [-0.2, -0.15) is 0 Å². The summed E-state index contributed by atoms with van der Waals surface area (Å²) in [5.41, 5.74) is 1.67. The highest BCUT2D eigenvalue weighted by molar-refractivity contribution is 5.08. The fourth-order valence-electron chi connectivity index (χ4n) is 1.87. The zero-order valence-electron chi connectivity index (χ0n) is 9.35. The lowest BCUT2D eigenvalue weighted by Crippen LogP contribution is -2.07. The number of hydrogen-bond donors (Lipinski definition) is 0. The highest BCUT2D eigenvalue weighted by Crippen LogP contribution is 2.25. The van der Waals surface area contributed by atoms with Gasteiger partial charge in [0.05, 0.1) is 0 Å². The van der Waals surface area contributed by atoms with Crippen LogP contribution in [0.3, 0.4) is 0 Å². The monoisotopic (exact) mass is 168 g/mol. The second-order valence-corrected chi connectivity index (χ2v) is 3.78. The van der Waals surface area contributed by atoms with Crippen molar-refractivity contribution in [3.63, 3.8) is 0 Å². The van der Waals surface area contributed by atoms with Crippen LogP contribution in [0.5, 0.6) is 0 Å². The van der Waals surface area contributed by atoms with E-state index >= 15 is 0 Å². The first-order valence-electron chi connectivity index (χ1n) is 5.37. The van der Waals surface area contributed by atoms with Gasteiger partial charge >= 0.3 is 0 Å². The Hall–Kier alpha value is -0.260. The maximum absolute atomic E-state index is 2.42. The molecule has 0 unspecified atom stereocenters. The smallest absolute Gasteiger partial charge is 0.0206 e. The molecule has 0 N–H and O–H groups in total. The van der Waals surface area contributed by atoms with Gasteiger partial charge in [0.1, 0.15) is 0 Å². The summed E-state index contributed by atoms with van der Waals surface area (Å²) < 4.78 is 0. The van der Waals surface area contributed by atoms with Crippen LogP contribution < -0.4 is 0 Å². The molecule has 0 nitrogen and oxygen atoms in total. The van der Waals surface area contributed by atoms with E-state index in [4.69, 9.17) is 0 Å². The average molecular weight is 168 g/mol. The molecule has 0 heteroatoms. The molecular weight excluding hydrogens is 144 g/mol. The number of allylic oxidation sites excluding steroid dienone is 2. The SMILES string of the molecule is CCC=C(C(C)C)C(CC)CC. The Morgan fingerprint density at radius 2 is 1.58 bits per heavy atom. The summed E-state index contributed by atoms with van der Waals surface area (Å²) in [5, 5.41) is 0. The lowest BCUT2D eigenvalue weighted by atomic mass is 9.86. The predicted octanol–water partition coefficient (Wildman–Crippen LogP) is 4.42. The Kier molecular flexibility index (Phi) is 6.14. The summed E-state index contributed by atoms with van der Waals surface area (Å²) in [6, 6.07) is 0. The van der Waals surface area contributed by atoms with E-state index < -0.39 is 0 Å². The Morgan fingerprint density at radius 1 is 1.08 bits per heavy atom. The summed E-state index contributed by atoms with van der Waals surface area (Å²) in [5.74, 6) is 1.56. The van der Waals surface area contributed by atoms with E-state index in [-0.39, 0.29) is 0 Å². The molecule has 0 aliphatic heterocycles. The molecule has 12 heavy (non-hydrogen) atoms. The fraction of sp³-hybridized carbons (Fsp3) is 0.833. The maximum Gasteiger partial charge on any atom is -0.0206 e. The van der Waals surface area contributed by atoms with Crippen LogP contribution in [0, 0.1) is 11.8 Å². The van der Waals surface area contributed by atoms with Gasteiger partial charge in [0.25, 0.3) is 0 Å². The van der Waals surface area contributed by atoms with Crippen LogP contribution in [0.2, 0.25) is 0 Å². The minimum Gasteiger partial charge on any atom is -0.0851 e. The van der Waals surface area contributed by atoms with Gasteiger partial charge in [0, 0.05) is 0 Å². The van der Waals surface area contributed by atoms with E-state index in [2.05, 4.69) is 40.7 Å². The molecule has 0 atom stereocenters. The van der Waals surface area contributed by atoms with Crippen LogP contribution in [0.4, 0.5) is 0 Å². The normalized spacial score (nSPS) is 13.1. The Morgan fingerprint density at radius 3 is 1.83 bits per heavy atom. The standard InChI is InChI=1S/C12H24/c1-6-9-12(10(4)5)11(7-2)8-3/h9-11H,6-8H2,1-5H3. The van der Waals surface area contributed by atoms with Gasteiger partial charge in [0.2, 0.25) is 0 Å². The van der Waals surface area contributed by atoms with Crippen LogP contribution in [-0.4, -0.2) is 0 Å². The van der Waals surface area contributed by atoms with Crippen molar-refractivity contribution in [2.24, 2.45) is 11.8 Å². The molecule has 0 bridgehead atoms. The first-order valence-corrected chi connectivity index (χ1v) is 5.37. The molecule has 72 valence electrons. The van der Waals surface area contributed by atoms with Crippen molar-refractivity contribution in [1.82, 2.24) is 0 Å².